The van der Waals surface area contributed by atoms with E-state index in [4.69, 9.17) is 0 Å². The predicted molar refractivity (Wildman–Crippen MR) is 85.1 cm³/mol. The third-order valence-corrected chi connectivity index (χ3v) is 3.95. The van der Waals surface area contributed by atoms with Gasteiger partial charge in [0.2, 0.25) is 5.91 Å². The summed E-state index contributed by atoms with van der Waals surface area (Å²) in [4.78, 5) is 25.6. The third kappa shape index (κ3) is 2.87. The Bertz CT molecular complexity index is 716. The van der Waals surface area contributed by atoms with E-state index in [2.05, 4.69) is 21.2 Å². The highest BCUT2D eigenvalue weighted by Gasteiger charge is 2.39. The van der Waals surface area contributed by atoms with Gasteiger partial charge in [0, 0.05) is 10.2 Å². The number of amides is 2. The first-order valence-electron chi connectivity index (χ1n) is 6.69. The zero-order valence-electron chi connectivity index (χ0n) is 11.4. The van der Waals surface area contributed by atoms with Crippen LogP contribution < -0.4 is 10.2 Å². The van der Waals surface area contributed by atoms with Crippen LogP contribution in [0.4, 0.5) is 15.8 Å². The van der Waals surface area contributed by atoms with E-state index in [0.717, 1.165) is 15.1 Å². The highest BCUT2D eigenvalue weighted by Crippen LogP contribution is 2.25. The number of halogens is 2. The Kier molecular flexibility index (Phi) is 3.94. The van der Waals surface area contributed by atoms with Crippen molar-refractivity contribution in [3.05, 3.63) is 58.8 Å². The zero-order valence-corrected chi connectivity index (χ0v) is 13.0. The van der Waals surface area contributed by atoms with E-state index in [1.165, 1.54) is 24.3 Å². The number of carbonyl (C=O) groups is 2. The normalized spacial score (nSPS) is 17.9. The minimum Gasteiger partial charge on any atom is -0.373 e. The first-order valence-corrected chi connectivity index (χ1v) is 7.48. The van der Waals surface area contributed by atoms with Crippen LogP contribution in [0.25, 0.3) is 0 Å². The van der Waals surface area contributed by atoms with Gasteiger partial charge in [-0.15, -0.1) is 0 Å². The topological polar surface area (TPSA) is 49.4 Å². The number of nitrogens with zero attached hydrogens (tertiary/aromatic N) is 1. The molecule has 1 fully saturated rings. The van der Waals surface area contributed by atoms with Crippen molar-refractivity contribution in [3.8, 4) is 0 Å². The lowest BCUT2D eigenvalue weighted by atomic mass is 10.2. The predicted octanol–water partition coefficient (Wildman–Crippen LogP) is 3.33. The lowest BCUT2D eigenvalue weighted by molar-refractivity contribution is -0.121. The van der Waals surface area contributed by atoms with E-state index in [1.54, 1.807) is 0 Å². The van der Waals surface area contributed by atoms with Gasteiger partial charge in [0.05, 0.1) is 12.1 Å². The molecule has 22 heavy (non-hydrogen) atoms. The highest BCUT2D eigenvalue weighted by molar-refractivity contribution is 9.10. The van der Waals surface area contributed by atoms with Crippen molar-refractivity contribution in [2.75, 3.05) is 10.2 Å². The van der Waals surface area contributed by atoms with Crippen molar-refractivity contribution >= 4 is 39.1 Å². The minimum atomic E-state index is -0.612. The molecule has 0 saturated carbocycles. The molecule has 6 heteroatoms. The molecule has 0 aliphatic carbocycles. The second-order valence-electron chi connectivity index (χ2n) is 4.95. The first kappa shape index (κ1) is 14.7. The smallest absolute Gasteiger partial charge is 0.256 e. The van der Waals surface area contributed by atoms with Gasteiger partial charge in [0.25, 0.3) is 5.91 Å². The molecule has 0 radical (unpaired) electrons. The Morgan fingerprint density at radius 3 is 2.32 bits per heavy atom. The van der Waals surface area contributed by atoms with Gasteiger partial charge in [0.15, 0.2) is 0 Å². The van der Waals surface area contributed by atoms with Crippen molar-refractivity contribution in [1.29, 1.82) is 0 Å². The maximum absolute atomic E-state index is 13.0. The number of nitrogens with one attached hydrogen (secondary N) is 1. The summed E-state index contributed by atoms with van der Waals surface area (Å²) in [5.74, 6) is -1.04. The van der Waals surface area contributed by atoms with E-state index in [0.29, 0.717) is 5.69 Å². The third-order valence-electron chi connectivity index (χ3n) is 3.42. The molecule has 3 rings (SSSR count). The van der Waals surface area contributed by atoms with Crippen LogP contribution >= 0.6 is 15.9 Å². The fourth-order valence-corrected chi connectivity index (χ4v) is 2.62. The molecule has 2 aromatic rings. The molecule has 0 aromatic heterocycles. The summed E-state index contributed by atoms with van der Waals surface area (Å²) in [7, 11) is 0. The molecule has 1 heterocycles. The molecule has 4 nitrogen and oxygen atoms in total. The Morgan fingerprint density at radius 1 is 1.05 bits per heavy atom. The molecule has 1 atom stereocenters. The number of hydrogen-bond acceptors (Lipinski definition) is 3. The van der Waals surface area contributed by atoms with Crippen LogP contribution in [0.1, 0.15) is 6.42 Å². The molecule has 1 aliphatic heterocycles. The second-order valence-corrected chi connectivity index (χ2v) is 5.87. The molecule has 2 aromatic carbocycles. The molecular weight excluding hydrogens is 351 g/mol. The minimum absolute atomic E-state index is 0.0757. The van der Waals surface area contributed by atoms with Gasteiger partial charge >= 0.3 is 0 Å². The van der Waals surface area contributed by atoms with Gasteiger partial charge in [-0.25, -0.2) is 9.29 Å². The first-order chi connectivity index (χ1) is 10.5. The number of benzene rings is 2. The fourth-order valence-electron chi connectivity index (χ4n) is 2.35. The van der Waals surface area contributed by atoms with Gasteiger partial charge in [-0.1, -0.05) is 15.9 Å². The Balaban J connectivity index is 1.79. The average molecular weight is 363 g/mol. The summed E-state index contributed by atoms with van der Waals surface area (Å²) < 4.78 is 13.9. The molecular formula is C16H12BrFN2O2. The van der Waals surface area contributed by atoms with Crippen molar-refractivity contribution in [2.24, 2.45) is 0 Å². The summed E-state index contributed by atoms with van der Waals surface area (Å²) >= 11 is 3.34. The van der Waals surface area contributed by atoms with Crippen molar-refractivity contribution in [1.82, 2.24) is 0 Å². The van der Waals surface area contributed by atoms with E-state index in [1.807, 2.05) is 24.3 Å². The molecule has 2 amide bonds. The largest absolute Gasteiger partial charge is 0.373 e. The van der Waals surface area contributed by atoms with Crippen molar-refractivity contribution < 1.29 is 14.0 Å². The van der Waals surface area contributed by atoms with Crippen LogP contribution in [0.15, 0.2) is 53.0 Å². The molecule has 1 N–H and O–H groups in total. The zero-order chi connectivity index (χ0) is 15.7. The van der Waals surface area contributed by atoms with E-state index >= 15 is 0 Å². The summed E-state index contributed by atoms with van der Waals surface area (Å²) in [6.45, 7) is 0. The Morgan fingerprint density at radius 2 is 1.68 bits per heavy atom. The SMILES string of the molecule is O=C1C[C@H](Nc2ccc(Br)cc2)C(=O)N1c1ccc(F)cc1. The molecule has 0 unspecified atom stereocenters. The summed E-state index contributed by atoms with van der Waals surface area (Å²) in [6.07, 6.45) is 0.0757. The summed E-state index contributed by atoms with van der Waals surface area (Å²) in [5, 5.41) is 3.05. The number of carbonyl (C=O) groups excluding carboxylic acids is 2. The van der Waals surface area contributed by atoms with Crippen LogP contribution in [0.2, 0.25) is 0 Å². The average Bonchev–Trinajstić information content (AvgIpc) is 2.77. The van der Waals surface area contributed by atoms with Crippen LogP contribution in [0.5, 0.6) is 0 Å². The Labute approximate surface area is 135 Å². The fraction of sp³-hybridized carbons (Fsp3) is 0.125. The molecule has 1 aliphatic rings. The quantitative estimate of drug-likeness (QED) is 0.852. The number of imide groups is 1. The number of rotatable bonds is 3. The molecule has 0 spiro atoms. The number of anilines is 2. The number of hydrogen-bond donors (Lipinski definition) is 1. The molecule has 1 saturated heterocycles. The lowest BCUT2D eigenvalue weighted by Crippen LogP contribution is -2.34. The highest BCUT2D eigenvalue weighted by atomic mass is 79.9. The Hall–Kier alpha value is -2.21. The van der Waals surface area contributed by atoms with Gasteiger partial charge in [-0.2, -0.15) is 0 Å². The molecule has 112 valence electrons. The summed E-state index contributed by atoms with van der Waals surface area (Å²) in [5.41, 5.74) is 1.15. The van der Waals surface area contributed by atoms with E-state index in [9.17, 15) is 14.0 Å². The van der Waals surface area contributed by atoms with Crippen LogP contribution in [0.3, 0.4) is 0 Å². The van der Waals surface area contributed by atoms with Crippen molar-refractivity contribution in [3.63, 3.8) is 0 Å². The standard InChI is InChI=1S/C16H12BrFN2O2/c17-10-1-5-12(6-2-10)19-14-9-15(21)20(16(14)22)13-7-3-11(18)4-8-13/h1-8,14,19H,9H2/t14-/m0/s1. The maximum atomic E-state index is 13.0. The van der Waals surface area contributed by atoms with Crippen molar-refractivity contribution in [2.45, 2.75) is 12.5 Å². The van der Waals surface area contributed by atoms with Crippen LogP contribution in [-0.4, -0.2) is 17.9 Å². The molecule has 0 bridgehead atoms. The summed E-state index contributed by atoms with van der Waals surface area (Å²) in [6, 6.07) is 12.0. The van der Waals surface area contributed by atoms with E-state index in [-0.39, 0.29) is 18.2 Å². The van der Waals surface area contributed by atoms with Crippen LogP contribution in [-0.2, 0) is 9.59 Å². The second kappa shape index (κ2) is 5.88. The van der Waals surface area contributed by atoms with Gasteiger partial charge < -0.3 is 5.32 Å². The monoisotopic (exact) mass is 362 g/mol. The van der Waals surface area contributed by atoms with Gasteiger partial charge in [-0.05, 0) is 48.5 Å². The van der Waals surface area contributed by atoms with Crippen LogP contribution in [0, 0.1) is 5.82 Å². The maximum Gasteiger partial charge on any atom is 0.256 e. The van der Waals surface area contributed by atoms with E-state index < -0.39 is 11.9 Å². The van der Waals surface area contributed by atoms with Gasteiger partial charge in [-0.3, -0.25) is 9.59 Å². The lowest BCUT2D eigenvalue weighted by Gasteiger charge is -2.16. The van der Waals surface area contributed by atoms with Gasteiger partial charge in [0.1, 0.15) is 11.9 Å².